The first-order chi connectivity index (χ1) is 9.81. The van der Waals surface area contributed by atoms with Gasteiger partial charge in [0, 0.05) is 6.04 Å². The number of rotatable bonds is 5. The summed E-state index contributed by atoms with van der Waals surface area (Å²) in [7, 11) is 0. The van der Waals surface area contributed by atoms with Gasteiger partial charge in [-0.2, -0.15) is 0 Å². The van der Waals surface area contributed by atoms with Crippen LogP contribution in [-0.2, 0) is 4.79 Å². The summed E-state index contributed by atoms with van der Waals surface area (Å²) in [6.45, 7) is 3.34. The van der Waals surface area contributed by atoms with Gasteiger partial charge in [0.15, 0.2) is 5.75 Å². The first-order valence-corrected chi connectivity index (χ1v) is 6.20. The lowest BCUT2D eigenvalue weighted by Gasteiger charge is -2.11. The second kappa shape index (κ2) is 7.13. The van der Waals surface area contributed by atoms with E-state index in [-0.39, 0.29) is 29.7 Å². The Morgan fingerprint density at radius 2 is 1.90 bits per heavy atom. The fourth-order valence-electron chi connectivity index (χ4n) is 1.52. The molecule has 5 N–H and O–H groups in total. The highest BCUT2D eigenvalue weighted by molar-refractivity contribution is 5.98. The van der Waals surface area contributed by atoms with Crippen LogP contribution < -0.4 is 16.0 Å². The Kier molecular flexibility index (Phi) is 5.53. The number of carboxylic acids is 1. The van der Waals surface area contributed by atoms with E-state index >= 15 is 0 Å². The number of hydrogen-bond acceptors (Lipinski definition) is 4. The van der Waals surface area contributed by atoms with E-state index < -0.39 is 17.7 Å². The van der Waals surface area contributed by atoms with Crippen LogP contribution in [0.4, 0.5) is 10.5 Å². The monoisotopic (exact) mass is 295 g/mol. The van der Waals surface area contributed by atoms with Crippen LogP contribution >= 0.6 is 0 Å². The minimum absolute atomic E-state index is 0.0429. The molecule has 0 saturated heterocycles. The second-order valence-electron chi connectivity index (χ2n) is 4.54. The van der Waals surface area contributed by atoms with E-state index in [1.165, 1.54) is 18.2 Å². The molecule has 0 aromatic heterocycles. The summed E-state index contributed by atoms with van der Waals surface area (Å²) < 4.78 is 0. The molecule has 114 valence electrons. The number of anilines is 1. The topological polar surface area (TPSA) is 128 Å². The summed E-state index contributed by atoms with van der Waals surface area (Å²) >= 11 is 0. The molecule has 1 rings (SSSR count). The van der Waals surface area contributed by atoms with Crippen molar-refractivity contribution in [3.63, 3.8) is 0 Å². The Morgan fingerprint density at radius 1 is 1.24 bits per heavy atom. The quantitative estimate of drug-likeness (QED) is 0.512. The Hall–Kier alpha value is -2.77. The van der Waals surface area contributed by atoms with Crippen LogP contribution in [0, 0.1) is 0 Å². The number of carbonyl (C=O) groups excluding carboxylic acids is 2. The Balaban J connectivity index is 2.62. The molecule has 8 nitrogen and oxygen atoms in total. The smallest absolute Gasteiger partial charge is 0.339 e. The van der Waals surface area contributed by atoms with Gasteiger partial charge in [0.1, 0.15) is 5.56 Å². The van der Waals surface area contributed by atoms with Crippen molar-refractivity contribution in [2.24, 2.45) is 0 Å². The van der Waals surface area contributed by atoms with Gasteiger partial charge < -0.3 is 26.2 Å². The highest BCUT2D eigenvalue weighted by Gasteiger charge is 2.14. The largest absolute Gasteiger partial charge is 0.505 e. The van der Waals surface area contributed by atoms with Crippen molar-refractivity contribution in [1.82, 2.24) is 10.6 Å². The third-order valence-corrected chi connectivity index (χ3v) is 2.37. The summed E-state index contributed by atoms with van der Waals surface area (Å²) in [5, 5.41) is 25.7. The Bertz CT molecular complexity index is 557. The van der Waals surface area contributed by atoms with Crippen LogP contribution in [-0.4, -0.2) is 40.7 Å². The van der Waals surface area contributed by atoms with Crippen molar-refractivity contribution in [1.29, 1.82) is 0 Å². The Labute approximate surface area is 121 Å². The summed E-state index contributed by atoms with van der Waals surface area (Å²) in [6, 6.07) is 3.15. The van der Waals surface area contributed by atoms with Crippen LogP contribution in [0.1, 0.15) is 24.2 Å². The average molecular weight is 295 g/mol. The fourth-order valence-corrected chi connectivity index (χ4v) is 1.52. The van der Waals surface area contributed by atoms with Crippen LogP contribution in [0.3, 0.4) is 0 Å². The molecule has 0 atom stereocenters. The maximum absolute atomic E-state index is 11.6. The molecule has 0 fully saturated rings. The normalized spacial score (nSPS) is 10.0. The van der Waals surface area contributed by atoms with Crippen LogP contribution in [0.5, 0.6) is 5.75 Å². The van der Waals surface area contributed by atoms with Crippen molar-refractivity contribution in [2.45, 2.75) is 19.9 Å². The molecule has 0 aliphatic heterocycles. The molecule has 0 spiro atoms. The number of phenols is 1. The number of amides is 3. The van der Waals surface area contributed by atoms with Crippen LogP contribution in [0.25, 0.3) is 0 Å². The van der Waals surface area contributed by atoms with Gasteiger partial charge >= 0.3 is 12.0 Å². The van der Waals surface area contributed by atoms with Gasteiger partial charge in [0.25, 0.3) is 0 Å². The summed E-state index contributed by atoms with van der Waals surface area (Å²) in [6.07, 6.45) is 0. The van der Waals surface area contributed by atoms with E-state index in [1.54, 1.807) is 13.8 Å². The number of aromatic hydroxyl groups is 1. The maximum atomic E-state index is 11.6. The zero-order chi connectivity index (χ0) is 16.0. The van der Waals surface area contributed by atoms with Crippen molar-refractivity contribution in [3.05, 3.63) is 23.8 Å². The number of nitrogens with one attached hydrogen (secondary N) is 3. The van der Waals surface area contributed by atoms with E-state index in [4.69, 9.17) is 5.11 Å². The second-order valence-corrected chi connectivity index (χ2v) is 4.54. The standard InChI is InChI=1S/C13H17N3O5/c1-7(2)15-10(17)6-14-13(21)16-9-5-3-4-8(11(9)18)12(19)20/h3-5,7,18H,6H2,1-2H3,(H,15,17)(H,19,20)(H2,14,16,21). The lowest BCUT2D eigenvalue weighted by molar-refractivity contribution is -0.120. The molecule has 1 aromatic carbocycles. The van der Waals surface area contributed by atoms with Crippen molar-refractivity contribution in [2.75, 3.05) is 11.9 Å². The zero-order valence-corrected chi connectivity index (χ0v) is 11.6. The van der Waals surface area contributed by atoms with Gasteiger partial charge in [-0.15, -0.1) is 0 Å². The summed E-state index contributed by atoms with van der Waals surface area (Å²) in [5.74, 6) is -2.22. The number of carbonyl (C=O) groups is 3. The minimum atomic E-state index is -1.31. The molecule has 0 aliphatic carbocycles. The molecule has 21 heavy (non-hydrogen) atoms. The number of carboxylic acid groups (broad SMARTS) is 1. The number of urea groups is 1. The molecule has 3 amide bonds. The predicted octanol–water partition coefficient (Wildman–Crippen LogP) is 0.736. The van der Waals surface area contributed by atoms with Crippen LogP contribution in [0.2, 0.25) is 0 Å². The fraction of sp³-hybridized carbons (Fsp3) is 0.308. The molecular formula is C13H17N3O5. The van der Waals surface area contributed by atoms with Gasteiger partial charge in [0.2, 0.25) is 5.91 Å². The molecule has 1 aromatic rings. The number of para-hydroxylation sites is 1. The van der Waals surface area contributed by atoms with Crippen LogP contribution in [0.15, 0.2) is 18.2 Å². The number of aromatic carboxylic acids is 1. The zero-order valence-electron chi connectivity index (χ0n) is 11.6. The van der Waals surface area contributed by atoms with Crippen molar-refractivity contribution < 1.29 is 24.6 Å². The predicted molar refractivity (Wildman–Crippen MR) is 75.4 cm³/mol. The maximum Gasteiger partial charge on any atom is 0.339 e. The molecule has 0 heterocycles. The molecule has 0 aliphatic rings. The summed E-state index contributed by atoms with van der Waals surface area (Å²) in [4.78, 5) is 33.8. The summed E-state index contributed by atoms with van der Waals surface area (Å²) in [5.41, 5.74) is -0.387. The van der Waals surface area contributed by atoms with E-state index in [2.05, 4.69) is 16.0 Å². The lowest BCUT2D eigenvalue weighted by Crippen LogP contribution is -2.41. The van der Waals surface area contributed by atoms with Crippen molar-refractivity contribution in [3.8, 4) is 5.75 Å². The minimum Gasteiger partial charge on any atom is -0.505 e. The molecular weight excluding hydrogens is 278 g/mol. The van der Waals surface area contributed by atoms with Gasteiger partial charge in [-0.3, -0.25) is 4.79 Å². The van der Waals surface area contributed by atoms with E-state index in [0.29, 0.717) is 0 Å². The molecule has 0 unspecified atom stereocenters. The van der Waals surface area contributed by atoms with Gasteiger partial charge in [-0.1, -0.05) is 6.07 Å². The van der Waals surface area contributed by atoms with E-state index in [0.717, 1.165) is 0 Å². The molecule has 0 radical (unpaired) electrons. The van der Waals surface area contributed by atoms with Gasteiger partial charge in [-0.05, 0) is 26.0 Å². The average Bonchev–Trinajstić information content (AvgIpc) is 2.37. The first kappa shape index (κ1) is 16.3. The molecule has 0 saturated carbocycles. The lowest BCUT2D eigenvalue weighted by atomic mass is 10.2. The SMILES string of the molecule is CC(C)NC(=O)CNC(=O)Nc1cccc(C(=O)O)c1O. The first-order valence-electron chi connectivity index (χ1n) is 6.20. The Morgan fingerprint density at radius 3 is 2.48 bits per heavy atom. The van der Waals surface area contributed by atoms with Crippen molar-refractivity contribution >= 4 is 23.6 Å². The van der Waals surface area contributed by atoms with E-state index in [1.807, 2.05) is 0 Å². The van der Waals surface area contributed by atoms with Gasteiger partial charge in [0.05, 0.1) is 12.2 Å². The number of hydrogen-bond donors (Lipinski definition) is 5. The molecule has 0 bridgehead atoms. The molecule has 8 heteroatoms. The van der Waals surface area contributed by atoms with Gasteiger partial charge in [-0.25, -0.2) is 9.59 Å². The third-order valence-electron chi connectivity index (χ3n) is 2.37. The third kappa shape index (κ3) is 5.01. The highest BCUT2D eigenvalue weighted by Crippen LogP contribution is 2.27. The highest BCUT2D eigenvalue weighted by atomic mass is 16.4. The number of benzene rings is 1. The van der Waals surface area contributed by atoms with E-state index in [9.17, 15) is 19.5 Å².